The molecule has 0 aromatic heterocycles. The Kier molecular flexibility index (Phi) is 8.75. The maximum atomic E-state index is 14.6. The van der Waals surface area contributed by atoms with Crippen molar-refractivity contribution in [3.05, 3.63) is 49.6 Å². The zero-order valence-corrected chi connectivity index (χ0v) is 24.2. The highest BCUT2D eigenvalue weighted by molar-refractivity contribution is 6.05. The number of benzene rings is 1. The molecule has 6 atom stereocenters. The summed E-state index contributed by atoms with van der Waals surface area (Å²) >= 11 is 0. The number of nitrogens with zero attached hydrogens (tertiary/aromatic N) is 3. The molecule has 4 rings (SSSR count). The molecule has 3 heterocycles. The molecule has 0 radical (unpaired) electrons. The third kappa shape index (κ3) is 4.63. The maximum Gasteiger partial charge on any atom is 0.253 e. The van der Waals surface area contributed by atoms with E-state index in [1.165, 1.54) is 4.90 Å². The Bertz CT molecular complexity index is 1130. The number of carbonyl (C=O) groups excluding carboxylic acids is 3. The fraction of sp³-hybridized carbons (Fsp3) is 0.581. The minimum absolute atomic E-state index is 0.146. The molecule has 3 amide bonds. The normalized spacial score (nSPS) is 29.2. The molecule has 40 heavy (non-hydrogen) atoms. The molecular formula is C31H43N3O6. The van der Waals surface area contributed by atoms with Crippen molar-refractivity contribution in [2.75, 3.05) is 38.3 Å². The van der Waals surface area contributed by atoms with E-state index in [1.54, 1.807) is 53.3 Å². The molecule has 1 N–H and O–H groups in total. The number of amides is 3. The number of likely N-dealkylation sites (tertiary alicyclic amines) is 1. The molecule has 3 saturated heterocycles. The van der Waals surface area contributed by atoms with Crippen LogP contribution in [0.15, 0.2) is 49.6 Å². The van der Waals surface area contributed by atoms with Crippen molar-refractivity contribution in [3.8, 4) is 5.75 Å². The van der Waals surface area contributed by atoms with E-state index in [-0.39, 0.29) is 30.9 Å². The van der Waals surface area contributed by atoms with Gasteiger partial charge in [0, 0.05) is 25.3 Å². The van der Waals surface area contributed by atoms with Crippen LogP contribution in [0.2, 0.25) is 0 Å². The number of carbonyl (C=O) groups is 3. The SMILES string of the molecule is C=CCN(CCC)C(=O)[C@@H]1[C@H]2C(=O)N([C@@H](CC)CO)C(C(=O)N(CC=C)c3ccc(OC)cc3)C23CC[C@@]1(C)O3. The molecule has 2 unspecified atom stereocenters. The maximum absolute atomic E-state index is 14.6. The number of methoxy groups -OCH3 is 1. The monoisotopic (exact) mass is 553 g/mol. The average molecular weight is 554 g/mol. The first-order valence-electron chi connectivity index (χ1n) is 14.3. The highest BCUT2D eigenvalue weighted by Gasteiger charge is 2.78. The first-order valence-corrected chi connectivity index (χ1v) is 14.3. The molecular weight excluding hydrogens is 510 g/mol. The van der Waals surface area contributed by atoms with E-state index in [1.807, 2.05) is 20.8 Å². The number of hydrogen-bond acceptors (Lipinski definition) is 6. The Morgan fingerprint density at radius 1 is 1.18 bits per heavy atom. The number of rotatable bonds is 13. The molecule has 2 bridgehead atoms. The first-order chi connectivity index (χ1) is 19.2. The van der Waals surface area contributed by atoms with Gasteiger partial charge in [-0.2, -0.15) is 0 Å². The van der Waals surface area contributed by atoms with Crippen LogP contribution in [0.4, 0.5) is 5.69 Å². The molecule has 0 saturated carbocycles. The van der Waals surface area contributed by atoms with Crippen molar-refractivity contribution in [1.29, 1.82) is 0 Å². The van der Waals surface area contributed by atoms with E-state index in [4.69, 9.17) is 9.47 Å². The van der Waals surface area contributed by atoms with Gasteiger partial charge in [-0.3, -0.25) is 14.4 Å². The van der Waals surface area contributed by atoms with E-state index in [9.17, 15) is 19.5 Å². The highest BCUT2D eigenvalue weighted by Crippen LogP contribution is 2.64. The zero-order chi connectivity index (χ0) is 29.2. The molecule has 3 fully saturated rings. The predicted molar refractivity (Wildman–Crippen MR) is 153 cm³/mol. The van der Waals surface area contributed by atoms with Gasteiger partial charge >= 0.3 is 0 Å². The largest absolute Gasteiger partial charge is 0.497 e. The van der Waals surface area contributed by atoms with E-state index < -0.39 is 35.1 Å². The summed E-state index contributed by atoms with van der Waals surface area (Å²) in [7, 11) is 1.58. The summed E-state index contributed by atoms with van der Waals surface area (Å²) in [6.07, 6.45) is 5.57. The lowest BCUT2D eigenvalue weighted by Crippen LogP contribution is -2.59. The Labute approximate surface area is 237 Å². The van der Waals surface area contributed by atoms with Crippen LogP contribution in [0.5, 0.6) is 5.75 Å². The Morgan fingerprint density at radius 2 is 1.85 bits per heavy atom. The van der Waals surface area contributed by atoms with Crippen LogP contribution < -0.4 is 9.64 Å². The Morgan fingerprint density at radius 3 is 2.40 bits per heavy atom. The Balaban J connectivity index is 1.82. The van der Waals surface area contributed by atoms with Gasteiger partial charge in [0.05, 0.1) is 37.2 Å². The topological polar surface area (TPSA) is 99.6 Å². The van der Waals surface area contributed by atoms with Crippen LogP contribution in [0.25, 0.3) is 0 Å². The fourth-order valence-electron chi connectivity index (χ4n) is 7.10. The number of aliphatic hydroxyl groups excluding tert-OH is 1. The van der Waals surface area contributed by atoms with E-state index >= 15 is 0 Å². The number of fused-ring (bicyclic) bond motifs is 1. The van der Waals surface area contributed by atoms with E-state index in [0.717, 1.165) is 6.42 Å². The fourth-order valence-corrected chi connectivity index (χ4v) is 7.10. The number of ether oxygens (including phenoxy) is 2. The van der Waals surface area contributed by atoms with Crippen molar-refractivity contribution < 1.29 is 29.0 Å². The molecule has 1 aromatic carbocycles. The summed E-state index contributed by atoms with van der Waals surface area (Å²) in [6, 6.07) is 5.54. The van der Waals surface area contributed by atoms with Gasteiger partial charge in [0.15, 0.2) is 0 Å². The molecule has 218 valence electrons. The second-order valence-corrected chi connectivity index (χ2v) is 11.2. The third-order valence-corrected chi connectivity index (χ3v) is 8.91. The quantitative estimate of drug-likeness (QED) is 0.377. The van der Waals surface area contributed by atoms with Crippen molar-refractivity contribution >= 4 is 23.4 Å². The van der Waals surface area contributed by atoms with Crippen molar-refractivity contribution in [3.63, 3.8) is 0 Å². The average Bonchev–Trinajstić information content (AvgIpc) is 3.52. The van der Waals surface area contributed by atoms with Crippen LogP contribution in [0.3, 0.4) is 0 Å². The zero-order valence-electron chi connectivity index (χ0n) is 24.2. The summed E-state index contributed by atoms with van der Waals surface area (Å²) in [5.41, 5.74) is -1.43. The van der Waals surface area contributed by atoms with Gasteiger partial charge in [0.2, 0.25) is 11.8 Å². The van der Waals surface area contributed by atoms with Crippen LogP contribution in [0, 0.1) is 11.8 Å². The van der Waals surface area contributed by atoms with Gasteiger partial charge in [-0.05, 0) is 56.9 Å². The molecule has 9 nitrogen and oxygen atoms in total. The summed E-state index contributed by atoms with van der Waals surface area (Å²) in [5.74, 6) is -1.66. The molecule has 0 aliphatic carbocycles. The van der Waals surface area contributed by atoms with Gasteiger partial charge in [0.1, 0.15) is 17.4 Å². The summed E-state index contributed by atoms with van der Waals surface area (Å²) < 4.78 is 12.1. The van der Waals surface area contributed by atoms with Gasteiger partial charge < -0.3 is 29.3 Å². The van der Waals surface area contributed by atoms with E-state index in [0.29, 0.717) is 43.8 Å². The molecule has 3 aliphatic rings. The second kappa shape index (κ2) is 11.7. The van der Waals surface area contributed by atoms with Gasteiger partial charge in [-0.25, -0.2) is 0 Å². The lowest BCUT2D eigenvalue weighted by atomic mass is 9.66. The standard InChI is InChI=1S/C31H43N3O6/c1-7-17-32(18-8-2)27(36)24-25-28(37)34(21(10-4)20-35)26(31(25)16-15-30(24,5)40-31)29(38)33(19-9-3)22-11-13-23(39-6)14-12-22/h7,9,11-14,21,24-26,35H,1,3,8,10,15-20H2,2,4-6H3/t21-,24-,25-,26?,30+,31?/m0/s1. The van der Waals surface area contributed by atoms with Gasteiger partial charge in [-0.1, -0.05) is 26.0 Å². The van der Waals surface area contributed by atoms with Crippen molar-refractivity contribution in [2.45, 2.75) is 69.7 Å². The minimum Gasteiger partial charge on any atom is -0.497 e. The minimum atomic E-state index is -1.18. The molecule has 3 aliphatic heterocycles. The van der Waals surface area contributed by atoms with E-state index in [2.05, 4.69) is 13.2 Å². The van der Waals surface area contributed by atoms with Crippen LogP contribution >= 0.6 is 0 Å². The molecule has 1 spiro atoms. The summed E-state index contributed by atoms with van der Waals surface area (Å²) in [5, 5.41) is 10.3. The smallest absolute Gasteiger partial charge is 0.253 e. The van der Waals surface area contributed by atoms with Crippen molar-refractivity contribution in [2.24, 2.45) is 11.8 Å². The van der Waals surface area contributed by atoms with Crippen LogP contribution in [-0.2, 0) is 19.1 Å². The Hall–Kier alpha value is -3.17. The molecule has 9 heteroatoms. The number of anilines is 1. The predicted octanol–water partition coefficient (Wildman–Crippen LogP) is 3.17. The third-order valence-electron chi connectivity index (χ3n) is 8.91. The molecule has 1 aromatic rings. The second-order valence-electron chi connectivity index (χ2n) is 11.2. The number of hydrogen-bond donors (Lipinski definition) is 1. The van der Waals surface area contributed by atoms with Crippen LogP contribution in [0.1, 0.15) is 46.5 Å². The van der Waals surface area contributed by atoms with Crippen LogP contribution in [-0.4, -0.2) is 89.3 Å². The lowest BCUT2D eigenvalue weighted by Gasteiger charge is -2.39. The summed E-state index contributed by atoms with van der Waals surface area (Å²) in [4.78, 5) is 47.9. The number of aliphatic hydroxyl groups is 1. The van der Waals surface area contributed by atoms with Gasteiger partial charge in [-0.15, -0.1) is 13.2 Å². The highest BCUT2D eigenvalue weighted by atomic mass is 16.5. The summed E-state index contributed by atoms with van der Waals surface area (Å²) in [6.45, 7) is 14.3. The van der Waals surface area contributed by atoms with Crippen molar-refractivity contribution in [1.82, 2.24) is 9.80 Å². The first kappa shape index (κ1) is 29.8. The lowest BCUT2D eigenvalue weighted by molar-refractivity contribution is -0.152. The van der Waals surface area contributed by atoms with Gasteiger partial charge in [0.25, 0.3) is 5.91 Å².